The molecule has 0 aromatic heterocycles. The Hall–Kier alpha value is -5.92. The average molecular weight is 786 g/mol. The number of hydrogen-bond donors (Lipinski definition) is 5. The fourth-order valence-electron chi connectivity index (χ4n) is 7.98. The zero-order chi connectivity index (χ0) is 41.0. The second-order valence-corrected chi connectivity index (χ2v) is 15.1. The number of ether oxygens (including phenoxy) is 3. The van der Waals surface area contributed by atoms with Gasteiger partial charge in [-0.1, -0.05) is 43.5 Å². The standard InChI is InChI=1S/C48H55N3O7/c1-4-33-27-45(55)42-13-8-20-57-41(24-35-23-39(53)18-16-34(35)11-6-5-9-31-10-7-12-38(21-31)51-48(49)50-2)28-40(54)17-14-32-15-19-46(56-3)47(22-32)58-30-37-26-43(33)44(42)25-36(37)29-52/h7,10,12,15-16,18-19,21-23,25-27,34-35,41,52-53,55H,4-6,9,11,13-14,17,24,28-30H2,1-3H3,(H3,49,50,51). The Labute approximate surface area is 341 Å². The molecule has 7 rings (SSSR count). The van der Waals surface area contributed by atoms with Gasteiger partial charge in [0, 0.05) is 37.6 Å². The smallest absolute Gasteiger partial charge is 0.192 e. The number of aromatic hydroxyl groups is 1. The van der Waals surface area contributed by atoms with E-state index >= 15 is 0 Å². The molecule has 0 saturated heterocycles. The molecule has 4 aromatic rings. The van der Waals surface area contributed by atoms with Crippen molar-refractivity contribution in [2.45, 2.75) is 90.4 Å². The summed E-state index contributed by atoms with van der Waals surface area (Å²) >= 11 is 0. The zero-order valence-corrected chi connectivity index (χ0v) is 33.7. The number of phenolic OH excluding ortho intramolecular Hbond substituents is 1. The third-order valence-corrected chi connectivity index (χ3v) is 11.2. The van der Waals surface area contributed by atoms with E-state index in [1.807, 2.05) is 55.5 Å². The highest BCUT2D eigenvalue weighted by Crippen LogP contribution is 2.36. The highest BCUT2D eigenvalue weighted by atomic mass is 16.5. The first-order valence-corrected chi connectivity index (χ1v) is 20.2. The van der Waals surface area contributed by atoms with Gasteiger partial charge < -0.3 is 40.6 Å². The fraction of sp³-hybridized carbons (Fsp3) is 0.375. The van der Waals surface area contributed by atoms with Gasteiger partial charge in [0.25, 0.3) is 0 Å². The minimum absolute atomic E-state index is 0.0439. The molecule has 0 fully saturated rings. The number of anilines is 1. The maximum atomic E-state index is 13.6. The number of rotatable bonds is 11. The SMILES string of the molecule is CCc1cc(O)c2c3cc(CO)c(cc13)COc1cc(ccc1OC)CCC(=O)CC(CC1C=C(O)C=CC1CCCCc1cccc(NC(N)=NC)c1)OC#CC2. The number of fused-ring (bicyclic) bond motifs is 9. The lowest BCUT2D eigenvalue weighted by atomic mass is 9.80. The average Bonchev–Trinajstić information content (AvgIpc) is 3.22. The van der Waals surface area contributed by atoms with Crippen molar-refractivity contribution in [2.75, 3.05) is 19.5 Å². The van der Waals surface area contributed by atoms with Gasteiger partial charge in [-0.3, -0.25) is 9.79 Å². The van der Waals surface area contributed by atoms with Gasteiger partial charge in [0.05, 0.1) is 13.7 Å². The Bertz CT molecular complexity index is 2250. The lowest BCUT2D eigenvalue weighted by Crippen LogP contribution is -2.24. The first-order chi connectivity index (χ1) is 28.2. The number of benzene rings is 4. The molecular weight excluding hydrogens is 731 g/mol. The number of phenols is 1. The number of hydrogen-bond acceptors (Lipinski definition) is 8. The second kappa shape index (κ2) is 20.0. The summed E-state index contributed by atoms with van der Waals surface area (Å²) in [6, 6.07) is 19.6. The molecule has 2 heterocycles. The molecule has 6 N–H and O–H groups in total. The maximum Gasteiger partial charge on any atom is 0.192 e. The maximum absolute atomic E-state index is 13.6. The molecule has 10 nitrogen and oxygen atoms in total. The van der Waals surface area contributed by atoms with E-state index in [0.717, 1.165) is 58.8 Å². The van der Waals surface area contributed by atoms with Crippen molar-refractivity contribution in [2.24, 2.45) is 22.6 Å². The quantitative estimate of drug-likeness (QED) is 0.0436. The van der Waals surface area contributed by atoms with Gasteiger partial charge in [0.15, 0.2) is 17.5 Å². The molecule has 4 aromatic carbocycles. The number of allylic oxidation sites excluding steroid dienone is 3. The second-order valence-electron chi connectivity index (χ2n) is 15.1. The number of nitrogens with one attached hydrogen (secondary N) is 1. The molecular formula is C48H55N3O7. The Balaban J connectivity index is 1.23. The van der Waals surface area contributed by atoms with Crippen LogP contribution < -0.4 is 20.5 Å². The number of aliphatic hydroxyl groups is 2. The number of aliphatic hydroxyl groups excluding tert-OH is 2. The monoisotopic (exact) mass is 785 g/mol. The van der Waals surface area contributed by atoms with Gasteiger partial charge in [0.1, 0.15) is 36.1 Å². The topological polar surface area (TPSA) is 156 Å². The highest BCUT2D eigenvalue weighted by Gasteiger charge is 2.27. The van der Waals surface area contributed by atoms with E-state index in [0.29, 0.717) is 54.3 Å². The van der Waals surface area contributed by atoms with Crippen LogP contribution in [0.15, 0.2) is 89.6 Å². The van der Waals surface area contributed by atoms with Crippen molar-refractivity contribution in [1.82, 2.24) is 0 Å². The van der Waals surface area contributed by atoms with Gasteiger partial charge in [-0.15, -0.1) is 0 Å². The molecule has 304 valence electrons. The third kappa shape index (κ3) is 10.7. The molecule has 1 aliphatic carbocycles. The summed E-state index contributed by atoms with van der Waals surface area (Å²) in [6.45, 7) is 2.02. The van der Waals surface area contributed by atoms with Crippen LogP contribution in [0.1, 0.15) is 78.8 Å². The number of nitrogens with two attached hydrogens (primary N) is 1. The summed E-state index contributed by atoms with van der Waals surface area (Å²) in [5, 5.41) is 37.1. The van der Waals surface area contributed by atoms with Crippen molar-refractivity contribution in [3.8, 4) is 29.3 Å². The first-order valence-electron chi connectivity index (χ1n) is 20.2. The molecule has 3 aliphatic rings. The van der Waals surface area contributed by atoms with Crippen LogP contribution in [0, 0.1) is 23.9 Å². The number of carbonyl (C=O) groups excluding carboxylic acids is 1. The lowest BCUT2D eigenvalue weighted by Gasteiger charge is -2.28. The molecule has 3 unspecified atom stereocenters. The van der Waals surface area contributed by atoms with Crippen LogP contribution in [0.3, 0.4) is 0 Å². The number of methoxy groups -OCH3 is 1. The Morgan fingerprint density at radius 1 is 1.03 bits per heavy atom. The number of carbonyl (C=O) groups is 1. The molecule has 0 spiro atoms. The van der Waals surface area contributed by atoms with Crippen molar-refractivity contribution in [3.63, 3.8) is 0 Å². The molecule has 6 bridgehead atoms. The summed E-state index contributed by atoms with van der Waals surface area (Å²) in [7, 11) is 3.24. The molecule has 2 aliphatic heterocycles. The van der Waals surface area contributed by atoms with Crippen molar-refractivity contribution in [1.29, 1.82) is 0 Å². The van der Waals surface area contributed by atoms with Crippen molar-refractivity contribution in [3.05, 3.63) is 118 Å². The van der Waals surface area contributed by atoms with E-state index in [9.17, 15) is 20.1 Å². The molecule has 58 heavy (non-hydrogen) atoms. The Morgan fingerprint density at radius 3 is 2.69 bits per heavy atom. The molecule has 0 saturated carbocycles. The van der Waals surface area contributed by atoms with Crippen LogP contribution in [0.4, 0.5) is 5.69 Å². The van der Waals surface area contributed by atoms with Gasteiger partial charge in [-0.25, -0.2) is 0 Å². The molecule has 0 radical (unpaired) electrons. The van der Waals surface area contributed by atoms with E-state index in [1.54, 1.807) is 26.3 Å². The van der Waals surface area contributed by atoms with E-state index in [1.165, 1.54) is 5.56 Å². The number of aryl methyl sites for hydroxylation is 3. The minimum atomic E-state index is -0.523. The van der Waals surface area contributed by atoms with Crippen LogP contribution in [-0.2, 0) is 48.4 Å². The molecule has 10 heteroatoms. The summed E-state index contributed by atoms with van der Waals surface area (Å²) in [4.78, 5) is 17.6. The summed E-state index contributed by atoms with van der Waals surface area (Å²) in [5.74, 6) is 5.07. The highest BCUT2D eigenvalue weighted by molar-refractivity contribution is 5.93. The van der Waals surface area contributed by atoms with Crippen LogP contribution in [0.5, 0.6) is 17.2 Å². The predicted molar refractivity (Wildman–Crippen MR) is 229 cm³/mol. The minimum Gasteiger partial charge on any atom is -0.508 e. The van der Waals surface area contributed by atoms with Gasteiger partial charge in [-0.05, 0) is 144 Å². The van der Waals surface area contributed by atoms with Gasteiger partial charge in [0.2, 0.25) is 0 Å². The van der Waals surface area contributed by atoms with Crippen molar-refractivity contribution < 1.29 is 34.3 Å². The van der Waals surface area contributed by atoms with Crippen LogP contribution in [0.2, 0.25) is 0 Å². The summed E-state index contributed by atoms with van der Waals surface area (Å²) in [6.07, 6.45) is 14.2. The zero-order valence-electron chi connectivity index (χ0n) is 33.7. The van der Waals surface area contributed by atoms with E-state index < -0.39 is 6.10 Å². The number of Topliss-reactive ketones (excluding diaryl/α,β-unsaturated/α-hetero) is 1. The summed E-state index contributed by atoms with van der Waals surface area (Å²) < 4.78 is 18.2. The normalized spacial score (nSPS) is 18.6. The fourth-order valence-corrected chi connectivity index (χ4v) is 7.98. The Kier molecular flexibility index (Phi) is 14.4. The lowest BCUT2D eigenvalue weighted by molar-refractivity contribution is -0.121. The Morgan fingerprint density at radius 2 is 1.90 bits per heavy atom. The number of guanidine groups is 1. The van der Waals surface area contributed by atoms with Gasteiger partial charge in [-0.2, -0.15) is 0 Å². The third-order valence-electron chi connectivity index (χ3n) is 11.2. The van der Waals surface area contributed by atoms with E-state index in [4.69, 9.17) is 19.9 Å². The number of nitrogens with zero attached hydrogens (tertiary/aromatic N) is 1. The number of unbranched alkanes of at least 4 members (excludes halogenated alkanes) is 1. The van der Waals surface area contributed by atoms with Crippen molar-refractivity contribution >= 4 is 28.2 Å². The first kappa shape index (κ1) is 41.7. The van der Waals surface area contributed by atoms with Crippen LogP contribution in [-0.4, -0.2) is 47.3 Å². The number of ketones is 1. The molecule has 3 atom stereocenters. The largest absolute Gasteiger partial charge is 0.508 e. The molecule has 0 amide bonds. The van der Waals surface area contributed by atoms with E-state index in [2.05, 4.69) is 40.5 Å². The predicted octanol–water partition coefficient (Wildman–Crippen LogP) is 8.39. The van der Waals surface area contributed by atoms with Crippen LogP contribution >= 0.6 is 0 Å². The van der Waals surface area contributed by atoms with E-state index in [-0.39, 0.29) is 55.2 Å². The van der Waals surface area contributed by atoms with Gasteiger partial charge >= 0.3 is 0 Å². The number of aliphatic imine (C=N–C) groups is 1. The summed E-state index contributed by atoms with van der Waals surface area (Å²) in [5.41, 5.74) is 12.0. The van der Waals surface area contributed by atoms with Crippen LogP contribution in [0.25, 0.3) is 10.8 Å².